The van der Waals surface area contributed by atoms with Crippen LogP contribution in [0.2, 0.25) is 0 Å². The Morgan fingerprint density at radius 2 is 1.56 bits per heavy atom. The van der Waals surface area contributed by atoms with E-state index in [0.717, 1.165) is 8.95 Å². The van der Waals surface area contributed by atoms with E-state index in [0.29, 0.717) is 16.9 Å². The molecule has 0 aliphatic carbocycles. The number of nitrogen functional groups attached to an aromatic ring is 1. The van der Waals surface area contributed by atoms with E-state index in [1.165, 1.54) is 0 Å². The second-order valence-electron chi connectivity index (χ2n) is 3.67. The molecule has 0 atom stereocenters. The van der Waals surface area contributed by atoms with Crippen molar-refractivity contribution in [3.05, 3.63) is 57.0 Å². The van der Waals surface area contributed by atoms with Gasteiger partial charge >= 0.3 is 0 Å². The Morgan fingerprint density at radius 3 is 2.11 bits per heavy atom. The maximum atomic E-state index is 12.0. The third-order valence-corrected chi connectivity index (χ3v) is 3.70. The fourth-order valence-electron chi connectivity index (χ4n) is 1.44. The van der Waals surface area contributed by atoms with E-state index in [1.54, 1.807) is 24.3 Å². The highest BCUT2D eigenvalue weighted by molar-refractivity contribution is 9.11. The van der Waals surface area contributed by atoms with Crippen molar-refractivity contribution in [3.8, 4) is 0 Å². The zero-order valence-electron chi connectivity index (χ0n) is 9.28. The van der Waals surface area contributed by atoms with Gasteiger partial charge in [-0.15, -0.1) is 0 Å². The number of amides is 1. The Balaban J connectivity index is 2.24. The van der Waals surface area contributed by atoms with Gasteiger partial charge in [-0.25, -0.2) is 0 Å². The lowest BCUT2D eigenvalue weighted by atomic mass is 10.2. The highest BCUT2D eigenvalue weighted by atomic mass is 79.9. The number of nitrogens with two attached hydrogens (primary N) is 1. The molecule has 3 nitrogen and oxygen atoms in total. The molecule has 18 heavy (non-hydrogen) atoms. The van der Waals surface area contributed by atoms with Gasteiger partial charge in [0.2, 0.25) is 0 Å². The molecule has 2 rings (SSSR count). The maximum Gasteiger partial charge on any atom is 0.255 e. The van der Waals surface area contributed by atoms with Gasteiger partial charge in [0.25, 0.3) is 5.91 Å². The summed E-state index contributed by atoms with van der Waals surface area (Å²) in [5.74, 6) is -0.178. The van der Waals surface area contributed by atoms with Gasteiger partial charge in [0.15, 0.2) is 0 Å². The Kier molecular flexibility index (Phi) is 4.04. The molecular weight excluding hydrogens is 360 g/mol. The van der Waals surface area contributed by atoms with Crippen LogP contribution in [-0.4, -0.2) is 5.91 Å². The van der Waals surface area contributed by atoms with E-state index in [-0.39, 0.29) is 5.91 Å². The Labute approximate surface area is 122 Å². The lowest BCUT2D eigenvalue weighted by Gasteiger charge is -2.09. The number of hydrogen-bond donors (Lipinski definition) is 2. The summed E-state index contributed by atoms with van der Waals surface area (Å²) in [5.41, 5.74) is 7.48. The molecule has 0 aliphatic rings. The Bertz CT molecular complexity index is 562. The van der Waals surface area contributed by atoms with Crippen molar-refractivity contribution in [2.24, 2.45) is 0 Å². The number of halogens is 2. The van der Waals surface area contributed by atoms with Crippen molar-refractivity contribution in [1.82, 2.24) is 0 Å². The van der Waals surface area contributed by atoms with E-state index in [4.69, 9.17) is 5.73 Å². The number of rotatable bonds is 2. The summed E-state index contributed by atoms with van der Waals surface area (Å²) in [6.07, 6.45) is 0. The molecule has 0 aromatic heterocycles. The van der Waals surface area contributed by atoms with E-state index in [1.807, 2.05) is 18.2 Å². The number of nitrogens with one attached hydrogen (secondary N) is 1. The molecule has 1 amide bonds. The molecule has 0 radical (unpaired) electrons. The van der Waals surface area contributed by atoms with Crippen molar-refractivity contribution < 1.29 is 4.79 Å². The normalized spacial score (nSPS) is 10.1. The first-order chi connectivity index (χ1) is 8.58. The summed E-state index contributed by atoms with van der Waals surface area (Å²) in [7, 11) is 0. The van der Waals surface area contributed by atoms with Gasteiger partial charge in [-0.3, -0.25) is 4.79 Å². The molecule has 0 bridgehead atoms. The van der Waals surface area contributed by atoms with Crippen molar-refractivity contribution in [1.29, 1.82) is 0 Å². The molecule has 92 valence electrons. The smallest absolute Gasteiger partial charge is 0.255 e. The predicted molar refractivity (Wildman–Crippen MR) is 80.6 cm³/mol. The molecule has 3 N–H and O–H groups in total. The number of benzene rings is 2. The van der Waals surface area contributed by atoms with Crippen LogP contribution in [-0.2, 0) is 0 Å². The lowest BCUT2D eigenvalue weighted by Crippen LogP contribution is -2.12. The molecule has 0 saturated heterocycles. The number of carbonyl (C=O) groups excluding carboxylic acids is 1. The van der Waals surface area contributed by atoms with Crippen molar-refractivity contribution in [2.75, 3.05) is 11.1 Å². The zero-order chi connectivity index (χ0) is 13.1. The van der Waals surface area contributed by atoms with E-state index >= 15 is 0 Å². The van der Waals surface area contributed by atoms with E-state index < -0.39 is 0 Å². The Hall–Kier alpha value is -1.33. The standard InChI is InChI=1S/C13H10Br2N2O/c14-10-2-1-3-11(15)12(10)17-13(18)8-4-6-9(16)7-5-8/h1-7H,16H2,(H,17,18). The monoisotopic (exact) mass is 368 g/mol. The quantitative estimate of drug-likeness (QED) is 0.784. The molecule has 0 aliphatic heterocycles. The summed E-state index contributed by atoms with van der Waals surface area (Å²) >= 11 is 6.79. The zero-order valence-corrected chi connectivity index (χ0v) is 12.5. The van der Waals surface area contributed by atoms with E-state index in [9.17, 15) is 4.79 Å². The number of hydrogen-bond acceptors (Lipinski definition) is 2. The van der Waals surface area contributed by atoms with Gasteiger partial charge in [-0.2, -0.15) is 0 Å². The average molecular weight is 370 g/mol. The van der Waals surface area contributed by atoms with E-state index in [2.05, 4.69) is 37.2 Å². The van der Waals surface area contributed by atoms with Crippen molar-refractivity contribution in [2.45, 2.75) is 0 Å². The molecule has 2 aromatic rings. The number of carbonyl (C=O) groups is 1. The van der Waals surface area contributed by atoms with Crippen LogP contribution in [0.15, 0.2) is 51.4 Å². The second kappa shape index (κ2) is 5.54. The lowest BCUT2D eigenvalue weighted by molar-refractivity contribution is 0.102. The first-order valence-corrected chi connectivity index (χ1v) is 6.77. The first-order valence-electron chi connectivity index (χ1n) is 5.19. The highest BCUT2D eigenvalue weighted by Gasteiger charge is 2.10. The van der Waals surface area contributed by atoms with Crippen LogP contribution in [0.3, 0.4) is 0 Å². The topological polar surface area (TPSA) is 55.1 Å². The SMILES string of the molecule is Nc1ccc(C(=O)Nc2c(Br)cccc2Br)cc1. The predicted octanol–water partition coefficient (Wildman–Crippen LogP) is 4.05. The van der Waals surface area contributed by atoms with Gasteiger partial charge in [-0.05, 0) is 68.3 Å². The molecule has 0 fully saturated rings. The summed E-state index contributed by atoms with van der Waals surface area (Å²) in [6, 6.07) is 12.4. The van der Waals surface area contributed by atoms with Crippen LogP contribution in [0.5, 0.6) is 0 Å². The van der Waals surface area contributed by atoms with Gasteiger partial charge < -0.3 is 11.1 Å². The van der Waals surface area contributed by atoms with Crippen LogP contribution >= 0.6 is 31.9 Å². The van der Waals surface area contributed by atoms with Gasteiger partial charge in [0, 0.05) is 20.2 Å². The maximum absolute atomic E-state index is 12.0. The molecular formula is C13H10Br2N2O. The van der Waals surface area contributed by atoms with Crippen LogP contribution in [0.1, 0.15) is 10.4 Å². The number of anilines is 2. The third kappa shape index (κ3) is 2.91. The van der Waals surface area contributed by atoms with Crippen molar-refractivity contribution in [3.63, 3.8) is 0 Å². The number of para-hydroxylation sites is 1. The fraction of sp³-hybridized carbons (Fsp3) is 0. The molecule has 0 saturated carbocycles. The van der Waals surface area contributed by atoms with Crippen LogP contribution in [0, 0.1) is 0 Å². The Morgan fingerprint density at radius 1 is 1.00 bits per heavy atom. The fourth-order valence-corrected chi connectivity index (χ4v) is 2.63. The van der Waals surface area contributed by atoms with Crippen LogP contribution < -0.4 is 11.1 Å². The summed E-state index contributed by atoms with van der Waals surface area (Å²) in [5, 5.41) is 2.84. The van der Waals surface area contributed by atoms with Crippen LogP contribution in [0.4, 0.5) is 11.4 Å². The van der Waals surface area contributed by atoms with Gasteiger partial charge in [-0.1, -0.05) is 6.07 Å². The minimum Gasteiger partial charge on any atom is -0.399 e. The second-order valence-corrected chi connectivity index (χ2v) is 5.38. The summed E-state index contributed by atoms with van der Waals surface area (Å²) in [6.45, 7) is 0. The molecule has 5 heteroatoms. The summed E-state index contributed by atoms with van der Waals surface area (Å²) in [4.78, 5) is 12.0. The van der Waals surface area contributed by atoms with Crippen LogP contribution in [0.25, 0.3) is 0 Å². The van der Waals surface area contributed by atoms with Crippen molar-refractivity contribution >= 4 is 49.1 Å². The minimum absolute atomic E-state index is 0.178. The largest absolute Gasteiger partial charge is 0.399 e. The average Bonchev–Trinajstić information content (AvgIpc) is 2.34. The third-order valence-electron chi connectivity index (χ3n) is 2.37. The molecule has 2 aromatic carbocycles. The van der Waals surface area contributed by atoms with Gasteiger partial charge in [0.1, 0.15) is 0 Å². The molecule has 0 heterocycles. The molecule has 0 spiro atoms. The summed E-state index contributed by atoms with van der Waals surface area (Å²) < 4.78 is 1.64. The highest BCUT2D eigenvalue weighted by Crippen LogP contribution is 2.30. The van der Waals surface area contributed by atoms with Gasteiger partial charge in [0.05, 0.1) is 5.69 Å². The molecule has 0 unspecified atom stereocenters. The minimum atomic E-state index is -0.178. The first kappa shape index (κ1) is 13.1.